The van der Waals surface area contributed by atoms with E-state index in [9.17, 15) is 14.7 Å². The third-order valence-corrected chi connectivity index (χ3v) is 4.65. The van der Waals surface area contributed by atoms with Gasteiger partial charge in [0.15, 0.2) is 0 Å². The van der Waals surface area contributed by atoms with Gasteiger partial charge in [0.25, 0.3) is 5.91 Å². The number of rotatable bonds is 3. The molecule has 0 heterocycles. The maximum absolute atomic E-state index is 12.4. The van der Waals surface area contributed by atoms with Crippen LogP contribution in [0.4, 0.5) is 0 Å². The summed E-state index contributed by atoms with van der Waals surface area (Å²) < 4.78 is 0.814. The maximum atomic E-state index is 12.4. The molecule has 0 bridgehead atoms. The van der Waals surface area contributed by atoms with Crippen molar-refractivity contribution in [3.05, 3.63) is 33.8 Å². The summed E-state index contributed by atoms with van der Waals surface area (Å²) >= 11 is 3.36. The number of aryl methyl sites for hydroxylation is 1. The molecule has 1 aliphatic carbocycles. The highest BCUT2D eigenvalue weighted by molar-refractivity contribution is 9.10. The topological polar surface area (TPSA) is 66.4 Å². The molecule has 0 unspecified atom stereocenters. The minimum Gasteiger partial charge on any atom is -0.480 e. The van der Waals surface area contributed by atoms with E-state index < -0.39 is 11.5 Å². The van der Waals surface area contributed by atoms with E-state index in [1.807, 2.05) is 13.0 Å². The lowest BCUT2D eigenvalue weighted by Gasteiger charge is -2.36. The first-order valence-electron chi connectivity index (χ1n) is 7.15. The van der Waals surface area contributed by atoms with Crippen LogP contribution in [0.1, 0.15) is 48.5 Å². The Bertz CT molecular complexity index is 542. The van der Waals surface area contributed by atoms with Gasteiger partial charge in [0.1, 0.15) is 5.54 Å². The van der Waals surface area contributed by atoms with Gasteiger partial charge in [-0.05, 0) is 62.3 Å². The molecule has 0 atom stereocenters. The molecule has 1 aliphatic rings. The molecule has 0 aliphatic heterocycles. The highest BCUT2D eigenvalue weighted by atomic mass is 79.9. The maximum Gasteiger partial charge on any atom is 0.329 e. The van der Waals surface area contributed by atoms with Gasteiger partial charge in [-0.2, -0.15) is 0 Å². The minimum atomic E-state index is -1.13. The van der Waals surface area contributed by atoms with E-state index in [1.54, 1.807) is 12.1 Å². The van der Waals surface area contributed by atoms with Crippen molar-refractivity contribution in [3.63, 3.8) is 0 Å². The summed E-state index contributed by atoms with van der Waals surface area (Å²) in [6.07, 6.45) is 2.62. The minimum absolute atomic E-state index is 0.323. The highest BCUT2D eigenvalue weighted by Crippen LogP contribution is 2.32. The standard InChI is InChI=1S/C16H20BrNO3/c1-10-3-5-16(6-4-10,15(20)21)18-14(19)12-7-11(2)8-13(17)9-12/h7-10H,3-6H2,1-2H3,(H,18,19)(H,20,21). The van der Waals surface area contributed by atoms with Crippen molar-refractivity contribution in [1.29, 1.82) is 0 Å². The fourth-order valence-corrected chi connectivity index (χ4v) is 3.41. The van der Waals surface area contributed by atoms with Crippen molar-refractivity contribution in [2.75, 3.05) is 0 Å². The van der Waals surface area contributed by atoms with Gasteiger partial charge in [-0.15, -0.1) is 0 Å². The van der Waals surface area contributed by atoms with Crippen LogP contribution in [0.25, 0.3) is 0 Å². The monoisotopic (exact) mass is 353 g/mol. The Morgan fingerprint density at radius 2 is 1.90 bits per heavy atom. The SMILES string of the molecule is Cc1cc(Br)cc(C(=O)NC2(C(=O)O)CCC(C)CC2)c1. The average molecular weight is 354 g/mol. The smallest absolute Gasteiger partial charge is 0.329 e. The van der Waals surface area contributed by atoms with Gasteiger partial charge < -0.3 is 10.4 Å². The molecule has 1 fully saturated rings. The summed E-state index contributed by atoms with van der Waals surface area (Å²) in [7, 11) is 0. The van der Waals surface area contributed by atoms with Gasteiger partial charge in [-0.25, -0.2) is 4.79 Å². The van der Waals surface area contributed by atoms with Gasteiger partial charge in [-0.1, -0.05) is 22.9 Å². The van der Waals surface area contributed by atoms with Crippen LogP contribution in [0.2, 0.25) is 0 Å². The molecule has 1 aromatic rings. The predicted octanol–water partition coefficient (Wildman–Crippen LogP) is 3.52. The van der Waals surface area contributed by atoms with Gasteiger partial charge in [0, 0.05) is 10.0 Å². The van der Waals surface area contributed by atoms with Crippen molar-refractivity contribution in [3.8, 4) is 0 Å². The lowest BCUT2D eigenvalue weighted by molar-refractivity contribution is -0.146. The Morgan fingerprint density at radius 3 is 2.43 bits per heavy atom. The van der Waals surface area contributed by atoms with Crippen LogP contribution in [-0.4, -0.2) is 22.5 Å². The van der Waals surface area contributed by atoms with Crippen LogP contribution in [0.15, 0.2) is 22.7 Å². The molecule has 2 N–H and O–H groups in total. The fourth-order valence-electron chi connectivity index (χ4n) is 2.80. The average Bonchev–Trinajstić information content (AvgIpc) is 2.40. The number of aliphatic carboxylic acids is 1. The number of halogens is 1. The lowest BCUT2D eigenvalue weighted by atomic mass is 9.77. The molecule has 4 nitrogen and oxygen atoms in total. The third-order valence-electron chi connectivity index (χ3n) is 4.19. The number of carboxylic acid groups (broad SMARTS) is 1. The zero-order valence-corrected chi connectivity index (χ0v) is 13.9. The van der Waals surface area contributed by atoms with E-state index in [1.165, 1.54) is 0 Å². The Kier molecular flexibility index (Phi) is 4.71. The van der Waals surface area contributed by atoms with E-state index in [2.05, 4.69) is 28.2 Å². The van der Waals surface area contributed by atoms with Crippen LogP contribution in [0.5, 0.6) is 0 Å². The Morgan fingerprint density at radius 1 is 1.29 bits per heavy atom. The molecule has 1 saturated carbocycles. The molecule has 0 aromatic heterocycles. The molecule has 1 amide bonds. The van der Waals surface area contributed by atoms with Crippen molar-refractivity contribution in [2.45, 2.75) is 45.1 Å². The summed E-state index contributed by atoms with van der Waals surface area (Å²) in [5.41, 5.74) is 0.317. The largest absolute Gasteiger partial charge is 0.480 e. The van der Waals surface area contributed by atoms with Crippen LogP contribution in [0.3, 0.4) is 0 Å². The van der Waals surface area contributed by atoms with E-state index in [-0.39, 0.29) is 5.91 Å². The molecular weight excluding hydrogens is 334 g/mol. The fraction of sp³-hybridized carbons (Fsp3) is 0.500. The van der Waals surface area contributed by atoms with Gasteiger partial charge in [0.2, 0.25) is 0 Å². The number of carbonyl (C=O) groups is 2. The molecular formula is C16H20BrNO3. The second-order valence-electron chi connectivity index (χ2n) is 6.04. The van der Waals surface area contributed by atoms with E-state index in [0.717, 1.165) is 22.9 Å². The zero-order chi connectivity index (χ0) is 15.6. The molecule has 2 rings (SSSR count). The Labute approximate surface area is 133 Å². The number of amides is 1. The van der Waals surface area contributed by atoms with Crippen molar-refractivity contribution >= 4 is 27.8 Å². The van der Waals surface area contributed by atoms with E-state index in [0.29, 0.717) is 24.3 Å². The highest BCUT2D eigenvalue weighted by Gasteiger charge is 2.42. The first kappa shape index (κ1) is 16.0. The second kappa shape index (κ2) is 6.18. The van der Waals surface area contributed by atoms with Crippen molar-refractivity contribution in [2.24, 2.45) is 5.92 Å². The summed E-state index contributed by atoms with van der Waals surface area (Å²) in [4.78, 5) is 24.1. The predicted molar refractivity (Wildman–Crippen MR) is 84.3 cm³/mol. The van der Waals surface area contributed by atoms with Gasteiger partial charge in [0.05, 0.1) is 0 Å². The number of nitrogens with one attached hydrogen (secondary N) is 1. The van der Waals surface area contributed by atoms with E-state index in [4.69, 9.17) is 0 Å². The molecule has 0 radical (unpaired) electrons. The summed E-state index contributed by atoms with van der Waals surface area (Å²) in [5, 5.41) is 12.3. The van der Waals surface area contributed by atoms with Crippen molar-refractivity contribution in [1.82, 2.24) is 5.32 Å². The van der Waals surface area contributed by atoms with E-state index >= 15 is 0 Å². The molecule has 1 aromatic carbocycles. The quantitative estimate of drug-likeness (QED) is 0.873. The molecule has 5 heteroatoms. The number of carboxylic acids is 1. The second-order valence-corrected chi connectivity index (χ2v) is 6.96. The number of hydrogen-bond donors (Lipinski definition) is 2. The number of hydrogen-bond acceptors (Lipinski definition) is 2. The lowest BCUT2D eigenvalue weighted by Crippen LogP contribution is -2.56. The van der Waals surface area contributed by atoms with Crippen LogP contribution < -0.4 is 5.32 Å². The van der Waals surface area contributed by atoms with Crippen LogP contribution >= 0.6 is 15.9 Å². The van der Waals surface area contributed by atoms with Crippen molar-refractivity contribution < 1.29 is 14.7 Å². The molecule has 21 heavy (non-hydrogen) atoms. The normalized spacial score (nSPS) is 25.4. The summed E-state index contributed by atoms with van der Waals surface area (Å²) in [5.74, 6) is -0.742. The Hall–Kier alpha value is -1.36. The molecule has 0 saturated heterocycles. The van der Waals surface area contributed by atoms with Crippen LogP contribution in [0, 0.1) is 12.8 Å². The van der Waals surface area contributed by atoms with Crippen LogP contribution in [-0.2, 0) is 4.79 Å². The van der Waals surface area contributed by atoms with Gasteiger partial charge in [-0.3, -0.25) is 4.79 Å². The third kappa shape index (κ3) is 3.64. The number of benzene rings is 1. The summed E-state index contributed by atoms with van der Waals surface area (Å²) in [6.45, 7) is 4.02. The zero-order valence-electron chi connectivity index (χ0n) is 12.3. The first-order chi connectivity index (χ1) is 9.82. The number of carbonyl (C=O) groups excluding carboxylic acids is 1. The molecule has 0 spiro atoms. The van der Waals surface area contributed by atoms with Gasteiger partial charge >= 0.3 is 5.97 Å². The Balaban J connectivity index is 2.21. The first-order valence-corrected chi connectivity index (χ1v) is 7.95. The summed E-state index contributed by atoms with van der Waals surface area (Å²) in [6, 6.07) is 5.39. The molecule has 114 valence electrons.